The zero-order valence-electron chi connectivity index (χ0n) is 25.9. The van der Waals surface area contributed by atoms with Crippen LogP contribution in [0.2, 0.25) is 0 Å². The summed E-state index contributed by atoms with van der Waals surface area (Å²) < 4.78 is 10.8. The summed E-state index contributed by atoms with van der Waals surface area (Å²) in [6.45, 7) is 16.9. The molecule has 41 heavy (non-hydrogen) atoms. The molecule has 0 saturated carbocycles. The number of carboxylic acids is 1. The van der Waals surface area contributed by atoms with Crippen molar-refractivity contribution in [2.75, 3.05) is 0 Å². The first kappa shape index (κ1) is 34.4. The van der Waals surface area contributed by atoms with E-state index in [9.17, 15) is 34.2 Å². The highest BCUT2D eigenvalue weighted by molar-refractivity contribution is 5.89. The average molecular weight is 587 g/mol. The highest BCUT2D eigenvalue weighted by Crippen LogP contribution is 2.41. The minimum Gasteiger partial charge on any atom is -0.479 e. The summed E-state index contributed by atoms with van der Waals surface area (Å²) in [5.41, 5.74) is -6.00. The number of carbonyl (C=O) groups is 5. The van der Waals surface area contributed by atoms with Gasteiger partial charge in [0.2, 0.25) is 0 Å². The Kier molecular flexibility index (Phi) is 9.95. The van der Waals surface area contributed by atoms with E-state index in [-0.39, 0.29) is 0 Å². The van der Waals surface area contributed by atoms with E-state index in [2.05, 4.69) is 0 Å². The summed E-state index contributed by atoms with van der Waals surface area (Å²) in [5, 5.41) is 23.6. The minimum absolute atomic E-state index is 0.346. The summed E-state index contributed by atoms with van der Waals surface area (Å²) >= 11 is 0. The Morgan fingerprint density at radius 2 is 0.927 bits per heavy atom. The van der Waals surface area contributed by atoms with E-state index in [1.54, 1.807) is 55.4 Å². The van der Waals surface area contributed by atoms with Gasteiger partial charge in [-0.3, -0.25) is 19.2 Å². The number of carboxylic acid groups (broad SMARTS) is 1. The minimum atomic E-state index is -2.80. The summed E-state index contributed by atoms with van der Waals surface area (Å²) in [5.74, 6) is -4.75. The fourth-order valence-corrected chi connectivity index (χ4v) is 6.43. The molecule has 0 aromatic carbocycles. The number of carbonyl (C=O) groups excluding carboxylic acids is 4. The van der Waals surface area contributed by atoms with E-state index in [0.717, 1.165) is 0 Å². The van der Waals surface area contributed by atoms with Gasteiger partial charge in [0.05, 0.1) is 35.0 Å². The molecule has 0 amide bonds. The molecule has 0 spiro atoms. The van der Waals surface area contributed by atoms with E-state index in [4.69, 9.17) is 19.1 Å². The van der Waals surface area contributed by atoms with Gasteiger partial charge in [0.15, 0.2) is 5.60 Å². The first-order valence-corrected chi connectivity index (χ1v) is 13.7. The first-order valence-electron chi connectivity index (χ1n) is 13.7. The Labute approximate surface area is 241 Å². The maximum atomic E-state index is 13.0. The van der Waals surface area contributed by atoms with Crippen LogP contribution < -0.4 is 0 Å². The number of aliphatic hydroxyl groups is 1. The van der Waals surface area contributed by atoms with Crippen LogP contribution in [0.25, 0.3) is 0 Å². The third-order valence-electron chi connectivity index (χ3n) is 7.43. The first-order chi connectivity index (χ1) is 18.4. The maximum absolute atomic E-state index is 13.0. The van der Waals surface area contributed by atoms with Crippen LogP contribution in [0.5, 0.6) is 0 Å². The van der Waals surface area contributed by atoms with Crippen LogP contribution in [0.4, 0.5) is 0 Å². The number of hydroxylamine groups is 4. The van der Waals surface area contributed by atoms with Crippen LogP contribution in [0, 0.1) is 0 Å². The van der Waals surface area contributed by atoms with Crippen LogP contribution in [-0.2, 0) is 43.1 Å². The third kappa shape index (κ3) is 8.62. The van der Waals surface area contributed by atoms with Gasteiger partial charge in [-0.1, -0.05) is 0 Å². The molecule has 2 fully saturated rings. The molecule has 13 heteroatoms. The zero-order chi connectivity index (χ0) is 31.8. The largest absolute Gasteiger partial charge is 0.479 e. The highest BCUT2D eigenvalue weighted by Gasteiger charge is 2.52. The van der Waals surface area contributed by atoms with E-state index < -0.39 is 82.7 Å². The molecular formula is C28H46N2O11. The van der Waals surface area contributed by atoms with Gasteiger partial charge in [0.1, 0.15) is 12.2 Å². The average Bonchev–Trinajstić information content (AvgIpc) is 2.71. The third-order valence-corrected chi connectivity index (χ3v) is 7.43. The quantitative estimate of drug-likeness (QED) is 0.379. The van der Waals surface area contributed by atoms with Gasteiger partial charge < -0.3 is 29.4 Å². The Bertz CT molecular complexity index is 942. The van der Waals surface area contributed by atoms with Gasteiger partial charge >= 0.3 is 29.8 Å². The number of rotatable bonds is 9. The molecule has 0 bridgehead atoms. The smallest absolute Gasteiger partial charge is 0.336 e. The summed E-state index contributed by atoms with van der Waals surface area (Å²) in [6.07, 6.45) is -1.48. The molecule has 2 heterocycles. The topological polar surface area (TPSA) is 169 Å². The van der Waals surface area contributed by atoms with Gasteiger partial charge in [-0.15, -0.1) is 10.1 Å². The van der Waals surface area contributed by atoms with Crippen molar-refractivity contribution in [1.82, 2.24) is 10.1 Å². The van der Waals surface area contributed by atoms with Gasteiger partial charge in [-0.2, -0.15) is 0 Å². The van der Waals surface area contributed by atoms with Crippen LogP contribution in [0.15, 0.2) is 0 Å². The molecule has 0 atom stereocenters. The van der Waals surface area contributed by atoms with E-state index in [0.29, 0.717) is 25.7 Å². The summed E-state index contributed by atoms with van der Waals surface area (Å²) in [6, 6.07) is 0. The molecule has 0 unspecified atom stereocenters. The predicted molar refractivity (Wildman–Crippen MR) is 144 cm³/mol. The predicted octanol–water partition coefficient (Wildman–Crippen LogP) is 2.67. The van der Waals surface area contributed by atoms with Gasteiger partial charge in [0.25, 0.3) is 0 Å². The number of piperidine rings is 2. The Hall–Kier alpha value is -2.77. The summed E-state index contributed by atoms with van der Waals surface area (Å²) in [4.78, 5) is 72.2. The van der Waals surface area contributed by atoms with Gasteiger partial charge in [-0.05, 0) is 55.4 Å². The number of esters is 2. The molecular weight excluding hydrogens is 540 g/mol. The second-order valence-electron chi connectivity index (χ2n) is 13.7. The van der Waals surface area contributed by atoms with Gasteiger partial charge in [-0.25, -0.2) is 4.79 Å². The number of aliphatic carboxylic acids is 1. The monoisotopic (exact) mass is 586 g/mol. The summed E-state index contributed by atoms with van der Waals surface area (Å²) in [7, 11) is 0. The van der Waals surface area contributed by atoms with Crippen molar-refractivity contribution in [2.45, 2.75) is 148 Å². The van der Waals surface area contributed by atoms with Crippen LogP contribution in [-0.4, -0.2) is 90.2 Å². The lowest BCUT2D eigenvalue weighted by molar-refractivity contribution is -0.282. The number of ether oxygens (including phenoxy) is 2. The molecule has 2 N–H and O–H groups in total. The highest BCUT2D eigenvalue weighted by atomic mass is 16.7. The lowest BCUT2D eigenvalue weighted by Gasteiger charge is -2.52. The van der Waals surface area contributed by atoms with Crippen molar-refractivity contribution in [1.29, 1.82) is 0 Å². The van der Waals surface area contributed by atoms with Crippen LogP contribution in [0.3, 0.4) is 0 Å². The Morgan fingerprint density at radius 1 is 0.659 bits per heavy atom. The number of nitrogens with zero attached hydrogens (tertiary/aromatic N) is 2. The number of hydrogen-bond donors (Lipinski definition) is 2. The molecule has 0 aromatic rings. The standard InChI is InChI=1S/C28H46N2O11/c1-17(31)38-19-11-24(3,4)29(25(5,6)12-19)40-21(33)15-28(37,23(35)36)16-22(34)41-30-26(7,8)13-20(39-18(2)32)14-27(30,9)10/h19-20,37H,11-16H2,1-10H3,(H,35,36). The number of hydrogen-bond acceptors (Lipinski definition) is 12. The Balaban J connectivity index is 2.14. The normalized spacial score (nSPS) is 22.8. The molecule has 0 aliphatic carbocycles. The molecule has 234 valence electrons. The zero-order valence-corrected chi connectivity index (χ0v) is 25.9. The Morgan fingerprint density at radius 3 is 1.15 bits per heavy atom. The molecule has 0 aromatic heterocycles. The van der Waals surface area contributed by atoms with Crippen molar-refractivity contribution in [3.8, 4) is 0 Å². The van der Waals surface area contributed by atoms with Gasteiger partial charge in [0, 0.05) is 39.5 Å². The molecule has 13 nitrogen and oxygen atoms in total. The second kappa shape index (κ2) is 11.8. The lowest BCUT2D eigenvalue weighted by atomic mass is 9.80. The van der Waals surface area contributed by atoms with Crippen molar-refractivity contribution >= 4 is 29.8 Å². The van der Waals surface area contributed by atoms with E-state index in [1.807, 2.05) is 0 Å². The molecule has 2 saturated heterocycles. The van der Waals surface area contributed by atoms with Crippen molar-refractivity contribution < 1.29 is 53.3 Å². The fraction of sp³-hybridized carbons (Fsp3) is 0.821. The van der Waals surface area contributed by atoms with Crippen molar-refractivity contribution in [3.63, 3.8) is 0 Å². The molecule has 2 aliphatic rings. The van der Waals surface area contributed by atoms with Crippen molar-refractivity contribution in [3.05, 3.63) is 0 Å². The van der Waals surface area contributed by atoms with E-state index >= 15 is 0 Å². The molecule has 0 radical (unpaired) electrons. The molecule has 2 rings (SSSR count). The van der Waals surface area contributed by atoms with Crippen LogP contribution in [0.1, 0.15) is 108 Å². The fourth-order valence-electron chi connectivity index (χ4n) is 6.43. The van der Waals surface area contributed by atoms with E-state index in [1.165, 1.54) is 24.0 Å². The van der Waals surface area contributed by atoms with Crippen LogP contribution >= 0.6 is 0 Å². The SMILES string of the molecule is CC(=O)OC1CC(C)(C)N(OC(=O)CC(O)(CC(=O)ON2C(C)(C)CC(OC(C)=O)CC2(C)C)C(=O)O)C(C)(C)C1. The maximum Gasteiger partial charge on any atom is 0.336 e. The lowest BCUT2D eigenvalue weighted by Crippen LogP contribution is -2.63. The molecule has 2 aliphatic heterocycles. The van der Waals surface area contributed by atoms with Crippen molar-refractivity contribution in [2.24, 2.45) is 0 Å². The second-order valence-corrected chi connectivity index (χ2v) is 13.7.